The first-order valence-corrected chi connectivity index (χ1v) is 2.59. The molecule has 44 valence electrons. The Balaban J connectivity index is 2.44. The van der Waals surface area contributed by atoms with Crippen LogP contribution in [0.1, 0.15) is 0 Å². The van der Waals surface area contributed by atoms with Crippen molar-refractivity contribution in [3.8, 4) is 0 Å². The molecule has 0 bridgehead atoms. The molecule has 1 rings (SSSR count). The molecule has 0 aromatic heterocycles. The van der Waals surface area contributed by atoms with E-state index in [1.54, 1.807) is 7.05 Å². The van der Waals surface area contributed by atoms with E-state index < -0.39 is 0 Å². The molecule has 1 unspecified atom stereocenters. The molecular weight excluding hydrogens is 105 g/mol. The number of nitrogens with zero attached hydrogens (tertiary/aromatic N) is 1. The van der Waals surface area contributed by atoms with Gasteiger partial charge >= 0.3 is 6.08 Å². The van der Waals surface area contributed by atoms with Gasteiger partial charge in [-0.15, -0.1) is 0 Å². The van der Waals surface area contributed by atoms with E-state index in [1.807, 2.05) is 7.85 Å². The van der Waals surface area contributed by atoms with Crippen molar-refractivity contribution in [1.82, 2.24) is 0 Å². The first kappa shape index (κ1) is 5.47. The van der Waals surface area contributed by atoms with Crippen molar-refractivity contribution in [3.63, 3.8) is 0 Å². The van der Waals surface area contributed by atoms with Gasteiger partial charge in [0.1, 0.15) is 12.6 Å². The maximum atomic E-state index is 5.04. The molecule has 1 heterocycles. The maximum Gasteiger partial charge on any atom is 0.382 e. The van der Waals surface area contributed by atoms with Gasteiger partial charge in [-0.2, -0.15) is 0 Å². The second-order valence-corrected chi connectivity index (χ2v) is 1.73. The van der Waals surface area contributed by atoms with Crippen molar-refractivity contribution >= 4 is 13.9 Å². The van der Waals surface area contributed by atoms with Gasteiger partial charge in [0, 0.05) is 7.05 Å². The van der Waals surface area contributed by atoms with Gasteiger partial charge in [-0.05, 0) is 0 Å². The third kappa shape index (κ3) is 0.939. The molecule has 0 N–H and O–H groups in total. The van der Waals surface area contributed by atoms with Crippen molar-refractivity contribution in [1.29, 1.82) is 0 Å². The molecule has 0 aromatic rings. The summed E-state index contributed by atoms with van der Waals surface area (Å²) in [7, 11) is 3.59. The Labute approximate surface area is 49.1 Å². The lowest BCUT2D eigenvalue weighted by atomic mass is 10.0. The Morgan fingerprint density at radius 2 is 2.62 bits per heavy atom. The molecule has 3 nitrogen and oxygen atoms in total. The van der Waals surface area contributed by atoms with Crippen LogP contribution in [-0.2, 0) is 9.47 Å². The van der Waals surface area contributed by atoms with E-state index in [1.165, 1.54) is 0 Å². The summed E-state index contributed by atoms with van der Waals surface area (Å²) in [5.41, 5.74) is 0. The molecule has 0 aromatic carbocycles. The fraction of sp³-hybridized carbons (Fsp3) is 0.750. The molecule has 1 fully saturated rings. The van der Waals surface area contributed by atoms with Crippen molar-refractivity contribution in [2.45, 2.75) is 6.00 Å². The highest BCUT2D eigenvalue weighted by Gasteiger charge is 2.16. The number of hydrogen-bond acceptors (Lipinski definition) is 3. The molecule has 1 atom stereocenters. The Morgan fingerprint density at radius 1 is 1.88 bits per heavy atom. The first-order chi connectivity index (χ1) is 3.83. The van der Waals surface area contributed by atoms with Crippen LogP contribution in [0.5, 0.6) is 0 Å². The monoisotopic (exact) mass is 113 g/mol. The van der Waals surface area contributed by atoms with Crippen LogP contribution in [0.4, 0.5) is 0 Å². The summed E-state index contributed by atoms with van der Waals surface area (Å²) in [5, 5.41) is 0. The lowest BCUT2D eigenvalue weighted by Gasteiger charge is -1.93. The number of aliphatic imine (C=N–C) groups is 1. The van der Waals surface area contributed by atoms with Crippen LogP contribution >= 0.6 is 0 Å². The van der Waals surface area contributed by atoms with Gasteiger partial charge in [-0.25, -0.2) is 4.99 Å². The molecule has 1 aliphatic heterocycles. The van der Waals surface area contributed by atoms with Gasteiger partial charge in [0.25, 0.3) is 0 Å². The highest BCUT2D eigenvalue weighted by Crippen LogP contribution is 2.00. The quantitative estimate of drug-likeness (QED) is 0.376. The molecule has 0 radical (unpaired) electrons. The van der Waals surface area contributed by atoms with E-state index in [9.17, 15) is 0 Å². The topological polar surface area (TPSA) is 30.8 Å². The summed E-state index contributed by atoms with van der Waals surface area (Å²) in [5.74, 6) is 0. The molecular formula is C4H8BNO2. The standard InChI is InChI=1S/C4H8BNO2/c1-6-4-7-2-3(5)8-4/h3H,2,5H2,1H3/b6-4+. The Kier molecular flexibility index (Phi) is 1.42. The minimum Gasteiger partial charge on any atom is -0.454 e. The summed E-state index contributed by atoms with van der Waals surface area (Å²) in [6.45, 7) is 0.632. The number of hydrogen-bond donors (Lipinski definition) is 0. The number of rotatable bonds is 0. The second-order valence-electron chi connectivity index (χ2n) is 1.73. The molecule has 1 aliphatic rings. The summed E-state index contributed by atoms with van der Waals surface area (Å²) < 4.78 is 9.98. The lowest BCUT2D eigenvalue weighted by molar-refractivity contribution is 0.311. The van der Waals surface area contributed by atoms with Gasteiger partial charge in [-0.3, -0.25) is 0 Å². The highest BCUT2D eigenvalue weighted by molar-refractivity contribution is 6.12. The summed E-state index contributed by atoms with van der Waals surface area (Å²) >= 11 is 0. The van der Waals surface area contributed by atoms with Gasteiger partial charge in [-0.1, -0.05) is 0 Å². The lowest BCUT2D eigenvalue weighted by Crippen LogP contribution is -2.08. The van der Waals surface area contributed by atoms with E-state index in [4.69, 9.17) is 9.47 Å². The molecule has 0 spiro atoms. The van der Waals surface area contributed by atoms with Gasteiger partial charge < -0.3 is 9.47 Å². The molecule has 0 amide bonds. The van der Waals surface area contributed by atoms with Crippen LogP contribution in [0, 0.1) is 0 Å². The van der Waals surface area contributed by atoms with Crippen LogP contribution in [0.15, 0.2) is 4.99 Å². The zero-order valence-corrected chi connectivity index (χ0v) is 5.05. The van der Waals surface area contributed by atoms with E-state index in [2.05, 4.69) is 4.99 Å². The first-order valence-electron chi connectivity index (χ1n) is 2.59. The highest BCUT2D eigenvalue weighted by atomic mass is 16.7. The minimum absolute atomic E-state index is 0.175. The van der Waals surface area contributed by atoms with Crippen LogP contribution in [0.3, 0.4) is 0 Å². The van der Waals surface area contributed by atoms with Crippen LogP contribution in [0.2, 0.25) is 0 Å². The average molecular weight is 113 g/mol. The Bertz CT molecular complexity index is 115. The van der Waals surface area contributed by atoms with Crippen LogP contribution in [0.25, 0.3) is 0 Å². The predicted octanol–water partition coefficient (Wildman–Crippen LogP) is -1.02. The largest absolute Gasteiger partial charge is 0.454 e. The predicted molar refractivity (Wildman–Crippen MR) is 32.7 cm³/mol. The van der Waals surface area contributed by atoms with Gasteiger partial charge in [0.05, 0.1) is 0 Å². The Morgan fingerprint density at radius 3 is 2.88 bits per heavy atom. The molecule has 0 aliphatic carbocycles. The zero-order valence-electron chi connectivity index (χ0n) is 5.05. The van der Waals surface area contributed by atoms with Crippen molar-refractivity contribution in [2.75, 3.05) is 13.7 Å². The summed E-state index contributed by atoms with van der Waals surface area (Å²) in [4.78, 5) is 3.71. The Hall–Kier alpha value is -0.665. The fourth-order valence-electron chi connectivity index (χ4n) is 0.546. The molecule has 0 saturated carbocycles. The third-order valence-electron chi connectivity index (χ3n) is 0.926. The van der Waals surface area contributed by atoms with Crippen molar-refractivity contribution < 1.29 is 9.47 Å². The van der Waals surface area contributed by atoms with Crippen LogP contribution in [-0.4, -0.2) is 33.6 Å². The smallest absolute Gasteiger partial charge is 0.382 e. The molecule has 1 saturated heterocycles. The van der Waals surface area contributed by atoms with E-state index in [0.29, 0.717) is 12.7 Å². The number of ether oxygens (including phenoxy) is 2. The fourth-order valence-corrected chi connectivity index (χ4v) is 0.546. The summed E-state index contributed by atoms with van der Waals surface area (Å²) in [6, 6.07) is 0.175. The van der Waals surface area contributed by atoms with Crippen molar-refractivity contribution in [3.05, 3.63) is 0 Å². The SMILES string of the molecule is BC1CO/C(=N\C)O1. The molecule has 4 heteroatoms. The minimum atomic E-state index is 0.175. The maximum absolute atomic E-state index is 5.04. The zero-order chi connectivity index (χ0) is 5.98. The van der Waals surface area contributed by atoms with Gasteiger partial charge in [0.15, 0.2) is 7.85 Å². The van der Waals surface area contributed by atoms with Crippen LogP contribution < -0.4 is 0 Å². The molecule has 8 heavy (non-hydrogen) atoms. The summed E-state index contributed by atoms with van der Waals surface area (Å²) in [6.07, 6.45) is 0.414. The second kappa shape index (κ2) is 2.07. The van der Waals surface area contributed by atoms with Crippen molar-refractivity contribution in [2.24, 2.45) is 4.99 Å². The van der Waals surface area contributed by atoms with E-state index in [-0.39, 0.29) is 6.00 Å². The third-order valence-corrected chi connectivity index (χ3v) is 0.926. The van der Waals surface area contributed by atoms with E-state index >= 15 is 0 Å². The van der Waals surface area contributed by atoms with Gasteiger partial charge in [0.2, 0.25) is 0 Å². The average Bonchev–Trinajstić information content (AvgIpc) is 2.14. The normalized spacial score (nSPS) is 32.1. The van der Waals surface area contributed by atoms with E-state index in [0.717, 1.165) is 0 Å².